The van der Waals surface area contributed by atoms with Crippen LogP contribution in [0, 0.1) is 0 Å². The van der Waals surface area contributed by atoms with E-state index in [-0.39, 0.29) is 5.75 Å². The number of hydrogen-bond donors (Lipinski definition) is 1. The van der Waals surface area contributed by atoms with Gasteiger partial charge in [-0.3, -0.25) is 0 Å². The first-order valence-corrected chi connectivity index (χ1v) is 6.95. The molecule has 1 N–H and O–H groups in total. The van der Waals surface area contributed by atoms with Crippen LogP contribution in [0.15, 0.2) is 53.1 Å². The Kier molecular flexibility index (Phi) is 3.88. The third kappa shape index (κ3) is 3.23. The fourth-order valence-electron chi connectivity index (χ4n) is 2.04. The zero-order chi connectivity index (χ0) is 14.7. The molecule has 0 atom stereocenters. The number of aromatic hydroxyl groups is 1. The summed E-state index contributed by atoms with van der Waals surface area (Å²) >= 11 is 6.07. The Labute approximate surface area is 127 Å². The first-order chi connectivity index (χ1) is 10.2. The van der Waals surface area contributed by atoms with Gasteiger partial charge in [0.2, 0.25) is 0 Å². The third-order valence-corrected chi connectivity index (χ3v) is 3.46. The Morgan fingerprint density at radius 3 is 2.67 bits per heavy atom. The molecular formula is C16H13ClN2O2. The average Bonchev–Trinajstić information content (AvgIpc) is 2.97. The Morgan fingerprint density at radius 2 is 1.86 bits per heavy atom. The van der Waals surface area contributed by atoms with E-state index >= 15 is 0 Å². The van der Waals surface area contributed by atoms with Crippen LogP contribution in [0.3, 0.4) is 0 Å². The fraction of sp³-hybridized carbons (Fsp3) is 0.125. The second-order valence-electron chi connectivity index (χ2n) is 4.67. The number of hydrogen-bond acceptors (Lipinski definition) is 4. The minimum Gasteiger partial charge on any atom is -0.508 e. The van der Waals surface area contributed by atoms with Gasteiger partial charge in [0.15, 0.2) is 5.82 Å². The Balaban J connectivity index is 1.76. The molecule has 1 aromatic heterocycles. The molecule has 0 fully saturated rings. The van der Waals surface area contributed by atoms with Crippen molar-refractivity contribution in [3.8, 4) is 17.2 Å². The standard InChI is InChI=1S/C16H13ClN2O2/c17-14-8-7-12(20)10-13(14)16-18-15(19-21-16)9-6-11-4-2-1-3-5-11/h1-5,7-8,10,20H,6,9H2. The molecule has 0 aliphatic rings. The molecule has 4 nitrogen and oxygen atoms in total. The topological polar surface area (TPSA) is 59.2 Å². The Bertz CT molecular complexity index is 741. The highest BCUT2D eigenvalue weighted by Gasteiger charge is 2.13. The molecule has 0 spiro atoms. The van der Waals surface area contributed by atoms with Crippen LogP contribution >= 0.6 is 11.6 Å². The van der Waals surface area contributed by atoms with Gasteiger partial charge >= 0.3 is 0 Å². The van der Waals surface area contributed by atoms with Gasteiger partial charge in [-0.1, -0.05) is 47.1 Å². The molecule has 0 bridgehead atoms. The van der Waals surface area contributed by atoms with Gasteiger partial charge in [0, 0.05) is 6.42 Å². The molecule has 2 aromatic carbocycles. The first-order valence-electron chi connectivity index (χ1n) is 6.58. The molecule has 0 aliphatic heterocycles. The molecule has 0 radical (unpaired) electrons. The second kappa shape index (κ2) is 5.97. The van der Waals surface area contributed by atoms with E-state index in [0.29, 0.717) is 28.7 Å². The lowest BCUT2D eigenvalue weighted by Crippen LogP contribution is -1.93. The van der Waals surface area contributed by atoms with Crippen molar-refractivity contribution in [1.82, 2.24) is 10.1 Å². The largest absolute Gasteiger partial charge is 0.508 e. The number of nitrogens with zero attached hydrogens (tertiary/aromatic N) is 2. The number of rotatable bonds is 4. The normalized spacial score (nSPS) is 10.7. The van der Waals surface area contributed by atoms with Crippen molar-refractivity contribution >= 4 is 11.6 Å². The second-order valence-corrected chi connectivity index (χ2v) is 5.07. The number of aromatic nitrogens is 2. The molecule has 0 saturated heterocycles. The lowest BCUT2D eigenvalue weighted by molar-refractivity contribution is 0.421. The van der Waals surface area contributed by atoms with Gasteiger partial charge in [-0.25, -0.2) is 0 Å². The molecule has 21 heavy (non-hydrogen) atoms. The van der Waals surface area contributed by atoms with E-state index in [4.69, 9.17) is 16.1 Å². The van der Waals surface area contributed by atoms with Gasteiger partial charge in [-0.05, 0) is 30.2 Å². The van der Waals surface area contributed by atoms with Crippen molar-refractivity contribution < 1.29 is 9.63 Å². The summed E-state index contributed by atoms with van der Waals surface area (Å²) in [5.41, 5.74) is 1.76. The number of benzene rings is 2. The van der Waals surface area contributed by atoms with Gasteiger partial charge in [-0.2, -0.15) is 4.98 Å². The maximum absolute atomic E-state index is 9.51. The van der Waals surface area contributed by atoms with Gasteiger partial charge in [-0.15, -0.1) is 0 Å². The number of halogens is 1. The summed E-state index contributed by atoms with van der Waals surface area (Å²) in [6, 6.07) is 14.7. The highest BCUT2D eigenvalue weighted by Crippen LogP contribution is 2.29. The van der Waals surface area contributed by atoms with Gasteiger partial charge < -0.3 is 9.63 Å². The highest BCUT2D eigenvalue weighted by atomic mass is 35.5. The predicted octanol–water partition coefficient (Wildman–Crippen LogP) is 3.88. The summed E-state index contributed by atoms with van der Waals surface area (Å²) in [6.45, 7) is 0. The van der Waals surface area contributed by atoms with Crippen molar-refractivity contribution in [3.63, 3.8) is 0 Å². The summed E-state index contributed by atoms with van der Waals surface area (Å²) in [7, 11) is 0. The molecule has 106 valence electrons. The van der Waals surface area contributed by atoms with Crippen LogP contribution in [0.2, 0.25) is 5.02 Å². The molecule has 0 aliphatic carbocycles. The van der Waals surface area contributed by atoms with Crippen molar-refractivity contribution in [2.45, 2.75) is 12.8 Å². The minimum absolute atomic E-state index is 0.110. The quantitative estimate of drug-likeness (QED) is 0.794. The van der Waals surface area contributed by atoms with Crippen LogP contribution in [0.1, 0.15) is 11.4 Å². The van der Waals surface area contributed by atoms with Gasteiger partial charge in [0.05, 0.1) is 10.6 Å². The number of aryl methyl sites for hydroxylation is 2. The SMILES string of the molecule is Oc1ccc(Cl)c(-c2nc(CCc3ccccc3)no2)c1. The maximum atomic E-state index is 9.51. The summed E-state index contributed by atoms with van der Waals surface area (Å²) in [5, 5.41) is 13.9. The van der Waals surface area contributed by atoms with Crippen molar-refractivity contribution in [2.24, 2.45) is 0 Å². The Hall–Kier alpha value is -2.33. The average molecular weight is 301 g/mol. The summed E-state index contributed by atoms with van der Waals surface area (Å²) in [5.74, 6) is 1.05. The number of phenolic OH excluding ortho intramolecular Hbond substituents is 1. The van der Waals surface area contributed by atoms with E-state index in [2.05, 4.69) is 22.3 Å². The van der Waals surface area contributed by atoms with Crippen LogP contribution in [0.25, 0.3) is 11.5 Å². The zero-order valence-corrected chi connectivity index (χ0v) is 11.9. The number of phenols is 1. The van der Waals surface area contributed by atoms with E-state index in [0.717, 1.165) is 6.42 Å². The molecule has 3 rings (SSSR count). The maximum Gasteiger partial charge on any atom is 0.259 e. The summed E-state index contributed by atoms with van der Waals surface area (Å²) in [6.07, 6.45) is 1.53. The van der Waals surface area contributed by atoms with Crippen LogP contribution in [-0.4, -0.2) is 15.2 Å². The van der Waals surface area contributed by atoms with Crippen molar-refractivity contribution in [3.05, 3.63) is 64.9 Å². The van der Waals surface area contributed by atoms with Crippen molar-refractivity contribution in [1.29, 1.82) is 0 Å². The van der Waals surface area contributed by atoms with Crippen LogP contribution < -0.4 is 0 Å². The minimum atomic E-state index is 0.110. The molecular weight excluding hydrogens is 288 g/mol. The van der Waals surface area contributed by atoms with Crippen LogP contribution in [-0.2, 0) is 12.8 Å². The van der Waals surface area contributed by atoms with E-state index in [1.807, 2.05) is 18.2 Å². The molecule has 0 unspecified atom stereocenters. The lowest BCUT2D eigenvalue weighted by atomic mass is 10.1. The van der Waals surface area contributed by atoms with Crippen LogP contribution in [0.4, 0.5) is 0 Å². The first kappa shape index (κ1) is 13.6. The molecule has 3 aromatic rings. The van der Waals surface area contributed by atoms with E-state index in [1.165, 1.54) is 17.7 Å². The predicted molar refractivity (Wildman–Crippen MR) is 80.3 cm³/mol. The van der Waals surface area contributed by atoms with E-state index in [1.54, 1.807) is 6.07 Å². The van der Waals surface area contributed by atoms with Crippen LogP contribution in [0.5, 0.6) is 5.75 Å². The van der Waals surface area contributed by atoms with E-state index in [9.17, 15) is 5.11 Å². The summed E-state index contributed by atoms with van der Waals surface area (Å²) < 4.78 is 5.22. The van der Waals surface area contributed by atoms with Gasteiger partial charge in [0.1, 0.15) is 5.75 Å². The summed E-state index contributed by atoms with van der Waals surface area (Å²) in [4.78, 5) is 4.32. The third-order valence-electron chi connectivity index (χ3n) is 3.13. The molecule has 5 heteroatoms. The van der Waals surface area contributed by atoms with Gasteiger partial charge in [0.25, 0.3) is 5.89 Å². The highest BCUT2D eigenvalue weighted by molar-refractivity contribution is 6.33. The Morgan fingerprint density at radius 1 is 1.05 bits per heavy atom. The fourth-order valence-corrected chi connectivity index (χ4v) is 2.24. The zero-order valence-electron chi connectivity index (χ0n) is 11.2. The van der Waals surface area contributed by atoms with E-state index < -0.39 is 0 Å². The molecule has 0 amide bonds. The van der Waals surface area contributed by atoms with Crippen molar-refractivity contribution in [2.75, 3.05) is 0 Å². The molecule has 1 heterocycles. The lowest BCUT2D eigenvalue weighted by Gasteiger charge is -1.99. The molecule has 0 saturated carbocycles. The smallest absolute Gasteiger partial charge is 0.259 e. The monoisotopic (exact) mass is 300 g/mol.